The average molecular weight is 338 g/mol. The van der Waals surface area contributed by atoms with Gasteiger partial charge < -0.3 is 4.98 Å². The minimum Gasteiger partial charge on any atom is -0.346 e. The first kappa shape index (κ1) is 14.3. The molecule has 3 nitrogen and oxygen atoms in total. The van der Waals surface area contributed by atoms with Crippen molar-refractivity contribution in [2.45, 2.75) is 26.7 Å². The first-order valence-electron chi connectivity index (χ1n) is 6.22. The monoisotopic (exact) mass is 337 g/mol. The lowest BCUT2D eigenvalue weighted by Crippen LogP contribution is -2.05. The largest absolute Gasteiger partial charge is 0.346 e. The van der Waals surface area contributed by atoms with Gasteiger partial charge in [0, 0.05) is 24.5 Å². The Hall–Kier alpha value is -1.07. The molecule has 0 saturated heterocycles. The zero-order valence-corrected chi connectivity index (χ0v) is 13.4. The van der Waals surface area contributed by atoms with E-state index in [0.29, 0.717) is 10.6 Å². The molecule has 19 heavy (non-hydrogen) atoms. The third kappa shape index (κ3) is 3.94. The second-order valence-corrected chi connectivity index (χ2v) is 6.10. The molecule has 0 aliphatic carbocycles. The van der Waals surface area contributed by atoms with Crippen LogP contribution in [0.5, 0.6) is 0 Å². The van der Waals surface area contributed by atoms with E-state index in [1.54, 1.807) is 6.20 Å². The van der Waals surface area contributed by atoms with Crippen LogP contribution in [0.15, 0.2) is 29.0 Å². The molecular weight excluding hydrogens is 322 g/mol. The summed E-state index contributed by atoms with van der Waals surface area (Å²) in [5.41, 5.74) is 2.24. The Labute approximate surface area is 126 Å². The van der Waals surface area contributed by atoms with Gasteiger partial charge in [-0.2, -0.15) is 0 Å². The summed E-state index contributed by atoms with van der Waals surface area (Å²) in [7, 11) is 0. The van der Waals surface area contributed by atoms with Gasteiger partial charge in [0.1, 0.15) is 10.5 Å². The molecule has 0 bridgehead atoms. The molecule has 0 radical (unpaired) electrons. The van der Waals surface area contributed by atoms with Gasteiger partial charge >= 0.3 is 0 Å². The number of aromatic nitrogens is 3. The van der Waals surface area contributed by atoms with Crippen molar-refractivity contribution < 1.29 is 0 Å². The number of aromatic amines is 1. The summed E-state index contributed by atoms with van der Waals surface area (Å²) in [5.74, 6) is 1.45. The molecule has 0 fully saturated rings. The average Bonchev–Trinajstić information content (AvgIpc) is 2.36. The van der Waals surface area contributed by atoms with Crippen LogP contribution in [0.4, 0.5) is 0 Å². The first-order chi connectivity index (χ1) is 9.06. The summed E-state index contributed by atoms with van der Waals surface area (Å²) < 4.78 is 1.53. The molecule has 0 unspecified atom stereocenters. The number of pyridine rings is 1. The molecule has 0 amide bonds. The maximum absolute atomic E-state index is 5.30. The topological polar surface area (TPSA) is 41.6 Å². The third-order valence-corrected chi connectivity index (χ3v) is 4.10. The Bertz CT molecular complexity index is 608. The highest BCUT2D eigenvalue weighted by atomic mass is 79.9. The van der Waals surface area contributed by atoms with Crippen molar-refractivity contribution in [2.75, 3.05) is 0 Å². The first-order valence-corrected chi connectivity index (χ1v) is 7.43. The van der Waals surface area contributed by atoms with Crippen LogP contribution >= 0.6 is 28.1 Å². The fourth-order valence-corrected chi connectivity index (χ4v) is 2.47. The van der Waals surface area contributed by atoms with E-state index in [1.165, 1.54) is 0 Å². The third-order valence-electron chi connectivity index (χ3n) is 2.69. The van der Waals surface area contributed by atoms with Crippen molar-refractivity contribution in [3.8, 4) is 0 Å². The Morgan fingerprint density at radius 1 is 1.42 bits per heavy atom. The lowest BCUT2D eigenvalue weighted by atomic mass is 10.1. The van der Waals surface area contributed by atoms with Gasteiger partial charge in [-0.15, -0.1) is 0 Å². The van der Waals surface area contributed by atoms with Crippen molar-refractivity contribution in [2.24, 2.45) is 5.92 Å². The smallest absolute Gasteiger partial charge is 0.144 e. The second-order valence-electron chi connectivity index (χ2n) is 4.92. The predicted octanol–water partition coefficient (Wildman–Crippen LogP) is 4.09. The van der Waals surface area contributed by atoms with Gasteiger partial charge in [0.15, 0.2) is 0 Å². The molecular formula is C14H16BrN3S. The summed E-state index contributed by atoms with van der Waals surface area (Å²) in [6, 6.07) is 3.97. The molecule has 5 heteroatoms. The number of nitrogens with one attached hydrogen (secondary N) is 1. The minimum absolute atomic E-state index is 0.565. The maximum Gasteiger partial charge on any atom is 0.144 e. The van der Waals surface area contributed by atoms with Gasteiger partial charge in [0.2, 0.25) is 0 Å². The normalized spacial score (nSPS) is 10.9. The Balaban J connectivity index is 2.32. The summed E-state index contributed by atoms with van der Waals surface area (Å²) >= 11 is 8.82. The van der Waals surface area contributed by atoms with Gasteiger partial charge in [0.05, 0.1) is 4.47 Å². The molecule has 1 N–H and O–H groups in total. The number of hydrogen-bond donors (Lipinski definition) is 1. The highest BCUT2D eigenvalue weighted by Crippen LogP contribution is 2.19. The minimum atomic E-state index is 0.565. The van der Waals surface area contributed by atoms with Crippen molar-refractivity contribution in [1.29, 1.82) is 0 Å². The standard InChI is InChI=1S/C14H16BrN3S/c1-9(2)6-11-13(15)14(19)18-12(17-11)7-10-4-3-5-16-8-10/h3-5,8-9H,6-7H2,1-2H3,(H,17,18,19). The molecule has 0 aromatic carbocycles. The summed E-state index contributed by atoms with van der Waals surface area (Å²) in [5, 5.41) is 0. The van der Waals surface area contributed by atoms with Crippen molar-refractivity contribution in [1.82, 2.24) is 15.0 Å². The van der Waals surface area contributed by atoms with Crippen LogP contribution in [0.1, 0.15) is 30.9 Å². The Kier molecular flexibility index (Phi) is 4.82. The van der Waals surface area contributed by atoms with Gasteiger partial charge in [-0.3, -0.25) is 4.98 Å². The van der Waals surface area contributed by atoms with Crippen LogP contribution < -0.4 is 0 Å². The van der Waals surface area contributed by atoms with E-state index in [9.17, 15) is 0 Å². The maximum atomic E-state index is 5.30. The van der Waals surface area contributed by atoms with E-state index in [0.717, 1.165) is 34.4 Å². The number of hydrogen-bond acceptors (Lipinski definition) is 3. The van der Waals surface area contributed by atoms with Crippen molar-refractivity contribution in [3.63, 3.8) is 0 Å². The Morgan fingerprint density at radius 2 is 2.21 bits per heavy atom. The molecule has 100 valence electrons. The quantitative estimate of drug-likeness (QED) is 0.854. The zero-order chi connectivity index (χ0) is 13.8. The zero-order valence-electron chi connectivity index (χ0n) is 11.0. The van der Waals surface area contributed by atoms with E-state index >= 15 is 0 Å². The van der Waals surface area contributed by atoms with Gasteiger partial charge in [-0.1, -0.05) is 32.1 Å². The molecule has 0 aliphatic rings. The SMILES string of the molecule is CC(C)Cc1[nH]c(Cc2cccnc2)nc(=S)c1Br. The van der Waals surface area contributed by atoms with Crippen LogP contribution in [0.3, 0.4) is 0 Å². The van der Waals surface area contributed by atoms with E-state index in [-0.39, 0.29) is 0 Å². The summed E-state index contributed by atoms with van der Waals surface area (Å²) in [6.07, 6.45) is 5.29. The summed E-state index contributed by atoms with van der Waals surface area (Å²) in [4.78, 5) is 11.9. The van der Waals surface area contributed by atoms with Crippen LogP contribution in [-0.2, 0) is 12.8 Å². The van der Waals surface area contributed by atoms with Crippen molar-refractivity contribution >= 4 is 28.1 Å². The molecule has 0 saturated carbocycles. The van der Waals surface area contributed by atoms with E-state index in [4.69, 9.17) is 12.2 Å². The van der Waals surface area contributed by atoms with Crippen LogP contribution in [0, 0.1) is 10.6 Å². The molecule has 2 heterocycles. The molecule has 2 aromatic rings. The number of H-pyrrole nitrogens is 1. The molecule has 0 atom stereocenters. The fourth-order valence-electron chi connectivity index (χ4n) is 1.89. The molecule has 0 spiro atoms. The van der Waals surface area contributed by atoms with Gasteiger partial charge in [-0.05, 0) is 39.9 Å². The lowest BCUT2D eigenvalue weighted by molar-refractivity contribution is 0.628. The molecule has 2 aromatic heterocycles. The van der Waals surface area contributed by atoms with Crippen LogP contribution in [0.25, 0.3) is 0 Å². The van der Waals surface area contributed by atoms with Gasteiger partial charge in [0.25, 0.3) is 0 Å². The van der Waals surface area contributed by atoms with E-state index < -0.39 is 0 Å². The predicted molar refractivity (Wildman–Crippen MR) is 82.7 cm³/mol. The number of rotatable bonds is 4. The van der Waals surface area contributed by atoms with Crippen molar-refractivity contribution in [3.05, 3.63) is 50.7 Å². The highest BCUT2D eigenvalue weighted by molar-refractivity contribution is 9.10. The van der Waals surface area contributed by atoms with Crippen LogP contribution in [0.2, 0.25) is 0 Å². The molecule has 2 rings (SSSR count). The number of nitrogens with zero attached hydrogens (tertiary/aromatic N) is 2. The Morgan fingerprint density at radius 3 is 2.84 bits per heavy atom. The number of halogens is 1. The van der Waals surface area contributed by atoms with E-state index in [1.807, 2.05) is 18.3 Å². The highest BCUT2D eigenvalue weighted by Gasteiger charge is 2.08. The van der Waals surface area contributed by atoms with E-state index in [2.05, 4.69) is 44.7 Å². The summed E-state index contributed by atoms with van der Waals surface area (Å²) in [6.45, 7) is 4.37. The molecule has 0 aliphatic heterocycles. The van der Waals surface area contributed by atoms with Crippen LogP contribution in [-0.4, -0.2) is 15.0 Å². The fraction of sp³-hybridized carbons (Fsp3) is 0.357. The van der Waals surface area contributed by atoms with Gasteiger partial charge in [-0.25, -0.2) is 4.98 Å². The second kappa shape index (κ2) is 6.39. The lowest BCUT2D eigenvalue weighted by Gasteiger charge is -2.10.